The minimum Gasteiger partial charge on any atom is -0.497 e. The number of hydrogen-bond donors (Lipinski definition) is 0. The molecule has 2 heterocycles. The van der Waals surface area contributed by atoms with Crippen LogP contribution in [0.5, 0.6) is 5.75 Å². The third kappa shape index (κ3) is 3.81. The second kappa shape index (κ2) is 7.84. The lowest BCUT2D eigenvalue weighted by atomic mass is 9.79. The largest absolute Gasteiger partial charge is 0.497 e. The van der Waals surface area contributed by atoms with Crippen LogP contribution >= 0.6 is 0 Å². The molecule has 26 heavy (non-hydrogen) atoms. The number of piperidine rings is 2. The van der Waals surface area contributed by atoms with E-state index in [1.807, 2.05) is 0 Å². The van der Waals surface area contributed by atoms with Crippen LogP contribution in [0.1, 0.15) is 54.7 Å². The van der Waals surface area contributed by atoms with Crippen LogP contribution in [0.4, 0.5) is 0 Å². The molecule has 0 N–H and O–H groups in total. The number of hydrogen-bond acceptors (Lipinski definition) is 2. The van der Waals surface area contributed by atoms with Gasteiger partial charge in [0.2, 0.25) is 0 Å². The number of nitrogens with zero attached hydrogens (tertiary/aromatic N) is 1. The summed E-state index contributed by atoms with van der Waals surface area (Å²) in [5.41, 5.74) is 4.16. The molecule has 2 bridgehead atoms. The number of methoxy groups -OCH3 is 1. The lowest BCUT2D eigenvalue weighted by Gasteiger charge is -2.45. The molecule has 1 saturated carbocycles. The molecule has 1 atom stereocenters. The maximum absolute atomic E-state index is 5.35. The minimum absolute atomic E-state index is 0.460. The maximum atomic E-state index is 5.35. The van der Waals surface area contributed by atoms with Gasteiger partial charge in [0.15, 0.2) is 0 Å². The van der Waals surface area contributed by atoms with Crippen LogP contribution in [-0.2, 0) is 0 Å². The van der Waals surface area contributed by atoms with E-state index in [1.54, 1.807) is 7.11 Å². The van der Waals surface area contributed by atoms with E-state index in [9.17, 15) is 0 Å². The van der Waals surface area contributed by atoms with Crippen molar-refractivity contribution in [1.82, 2.24) is 4.90 Å². The van der Waals surface area contributed by atoms with Gasteiger partial charge in [0.1, 0.15) is 5.75 Å². The average molecular weight is 350 g/mol. The van der Waals surface area contributed by atoms with E-state index < -0.39 is 0 Å². The number of aryl methyl sites for hydroxylation is 1. The summed E-state index contributed by atoms with van der Waals surface area (Å²) in [6.45, 7) is 4.70. The van der Waals surface area contributed by atoms with Gasteiger partial charge in [0.25, 0.3) is 0 Å². The van der Waals surface area contributed by atoms with Crippen LogP contribution in [0.25, 0.3) is 0 Å². The van der Waals surface area contributed by atoms with Crippen molar-refractivity contribution in [1.29, 1.82) is 0 Å². The molecule has 0 spiro atoms. The van der Waals surface area contributed by atoms with Crippen LogP contribution < -0.4 is 4.74 Å². The van der Waals surface area contributed by atoms with Crippen LogP contribution in [0.3, 0.4) is 0 Å². The zero-order chi connectivity index (χ0) is 17.9. The fourth-order valence-corrected chi connectivity index (χ4v) is 4.90. The first kappa shape index (κ1) is 17.6. The quantitative estimate of drug-likeness (QED) is 0.692. The highest BCUT2D eigenvalue weighted by Crippen LogP contribution is 2.36. The van der Waals surface area contributed by atoms with Gasteiger partial charge in [-0.3, -0.25) is 0 Å². The van der Waals surface area contributed by atoms with Crippen molar-refractivity contribution < 1.29 is 4.74 Å². The molecule has 2 saturated heterocycles. The summed E-state index contributed by atoms with van der Waals surface area (Å²) in [4.78, 5) is 2.78. The summed E-state index contributed by atoms with van der Waals surface area (Å²) >= 11 is 0. The van der Waals surface area contributed by atoms with Gasteiger partial charge in [0, 0.05) is 18.5 Å². The highest BCUT2D eigenvalue weighted by atomic mass is 16.5. The van der Waals surface area contributed by atoms with Gasteiger partial charge in [-0.2, -0.15) is 0 Å². The summed E-state index contributed by atoms with van der Waals surface area (Å²) < 4.78 is 5.35. The second-order valence-corrected chi connectivity index (χ2v) is 8.19. The molecule has 2 heteroatoms. The zero-order valence-electron chi connectivity index (χ0n) is 16.2. The summed E-state index contributed by atoms with van der Waals surface area (Å²) in [6.07, 6.45) is 6.95. The van der Waals surface area contributed by atoms with E-state index in [0.29, 0.717) is 5.92 Å². The van der Waals surface area contributed by atoms with E-state index >= 15 is 0 Å². The molecule has 1 aliphatic carbocycles. The molecule has 1 unspecified atom stereocenters. The molecule has 0 aromatic heterocycles. The number of rotatable bonds is 6. The first-order chi connectivity index (χ1) is 12.7. The molecule has 138 valence electrons. The smallest absolute Gasteiger partial charge is 0.118 e. The fraction of sp³-hybridized carbons (Fsp3) is 0.500. The molecule has 0 amide bonds. The first-order valence-corrected chi connectivity index (χ1v) is 10.2. The Morgan fingerprint density at radius 3 is 2.08 bits per heavy atom. The average Bonchev–Trinajstić information content (AvgIpc) is 2.71. The van der Waals surface area contributed by atoms with Crippen molar-refractivity contribution in [2.45, 2.75) is 51.0 Å². The molecule has 0 radical (unpaired) electrons. The van der Waals surface area contributed by atoms with E-state index in [4.69, 9.17) is 4.74 Å². The van der Waals surface area contributed by atoms with Crippen molar-refractivity contribution in [2.24, 2.45) is 5.92 Å². The molecule has 3 aliphatic rings. The van der Waals surface area contributed by atoms with Gasteiger partial charge in [-0.1, -0.05) is 42.0 Å². The lowest BCUT2D eigenvalue weighted by molar-refractivity contribution is 0.0474. The van der Waals surface area contributed by atoms with Crippen LogP contribution in [0.15, 0.2) is 48.5 Å². The Kier molecular flexibility index (Phi) is 5.31. The van der Waals surface area contributed by atoms with Crippen molar-refractivity contribution in [3.05, 3.63) is 65.2 Å². The van der Waals surface area contributed by atoms with Crippen molar-refractivity contribution in [3.8, 4) is 5.75 Å². The van der Waals surface area contributed by atoms with E-state index in [-0.39, 0.29) is 0 Å². The predicted octanol–water partition coefficient (Wildman–Crippen LogP) is 5.40. The standard InChI is InChI=1S/C24H31NO/c1-18-3-7-20(8-4-18)24(21-9-13-23(26-2)14-10-21)15-16-25-17-19-5-11-22(25)12-6-19/h3-4,7-10,13-14,19,22,24H,5-6,11-12,15-17H2,1-2H3. The second-order valence-electron chi connectivity index (χ2n) is 8.19. The van der Waals surface area contributed by atoms with Crippen LogP contribution in [0.2, 0.25) is 0 Å². The summed E-state index contributed by atoms with van der Waals surface area (Å²) in [5, 5.41) is 0. The summed E-state index contributed by atoms with van der Waals surface area (Å²) in [5.74, 6) is 2.35. The van der Waals surface area contributed by atoms with E-state index in [2.05, 4.69) is 60.4 Å². The van der Waals surface area contributed by atoms with Gasteiger partial charge < -0.3 is 9.64 Å². The third-order valence-electron chi connectivity index (χ3n) is 6.53. The third-order valence-corrected chi connectivity index (χ3v) is 6.53. The Balaban J connectivity index is 1.52. The lowest BCUT2D eigenvalue weighted by Crippen LogP contribution is -2.48. The molecule has 2 aromatic rings. The monoisotopic (exact) mass is 349 g/mol. The number of fused-ring (bicyclic) bond motifs is 3. The Hall–Kier alpha value is -1.80. The molecule has 2 nitrogen and oxygen atoms in total. The molecule has 2 aromatic carbocycles. The molecular formula is C24H31NO. The molecule has 5 rings (SSSR count). The van der Waals surface area contributed by atoms with Crippen molar-refractivity contribution >= 4 is 0 Å². The van der Waals surface area contributed by atoms with Gasteiger partial charge in [-0.05, 0) is 74.8 Å². The first-order valence-electron chi connectivity index (χ1n) is 10.2. The van der Waals surface area contributed by atoms with Gasteiger partial charge in [-0.25, -0.2) is 0 Å². The van der Waals surface area contributed by atoms with Gasteiger partial charge in [0.05, 0.1) is 7.11 Å². The highest BCUT2D eigenvalue weighted by molar-refractivity contribution is 5.37. The highest BCUT2D eigenvalue weighted by Gasteiger charge is 2.33. The molecule has 3 fully saturated rings. The van der Waals surface area contributed by atoms with Crippen molar-refractivity contribution in [3.63, 3.8) is 0 Å². The van der Waals surface area contributed by atoms with E-state index in [1.165, 1.54) is 61.9 Å². The Labute approximate surface area is 158 Å². The SMILES string of the molecule is COc1ccc(C(CCN2CC3CCC2CC3)c2ccc(C)cc2)cc1. The normalized spacial score (nSPS) is 23.8. The van der Waals surface area contributed by atoms with Crippen molar-refractivity contribution in [2.75, 3.05) is 20.2 Å². The maximum Gasteiger partial charge on any atom is 0.118 e. The van der Waals surface area contributed by atoms with Gasteiger partial charge >= 0.3 is 0 Å². The van der Waals surface area contributed by atoms with E-state index in [0.717, 1.165) is 17.7 Å². The van der Waals surface area contributed by atoms with Crippen LogP contribution in [0, 0.1) is 12.8 Å². The minimum atomic E-state index is 0.460. The fourth-order valence-electron chi connectivity index (χ4n) is 4.90. The summed E-state index contributed by atoms with van der Waals surface area (Å²) in [7, 11) is 1.73. The van der Waals surface area contributed by atoms with Gasteiger partial charge in [-0.15, -0.1) is 0 Å². The Morgan fingerprint density at radius 1 is 0.923 bits per heavy atom. The molecular weight excluding hydrogens is 318 g/mol. The molecule has 2 aliphatic heterocycles. The van der Waals surface area contributed by atoms with Crippen LogP contribution in [-0.4, -0.2) is 31.1 Å². The number of ether oxygens (including phenoxy) is 1. The Bertz CT molecular complexity index is 698. The summed E-state index contributed by atoms with van der Waals surface area (Å²) in [6, 6.07) is 18.6. The zero-order valence-corrected chi connectivity index (χ0v) is 16.2. The predicted molar refractivity (Wildman–Crippen MR) is 108 cm³/mol. The number of benzene rings is 2. The Morgan fingerprint density at radius 2 is 1.54 bits per heavy atom. The topological polar surface area (TPSA) is 12.5 Å².